The fourth-order valence-electron chi connectivity index (χ4n) is 1.62. The quantitative estimate of drug-likeness (QED) is 0.507. The second-order valence-electron chi connectivity index (χ2n) is 3.32. The number of hydrogen-bond acceptors (Lipinski definition) is 4. The summed E-state index contributed by atoms with van der Waals surface area (Å²) in [6.45, 7) is 0. The Morgan fingerprint density at radius 2 is 1.80 bits per heavy atom. The number of carbonyl (C=O) groups excluding carboxylic acids is 2. The molecular formula is C10H13FO4. The highest BCUT2D eigenvalue weighted by Crippen LogP contribution is 2.28. The Balaban J connectivity index is 2.85. The zero-order chi connectivity index (χ0) is 11.4. The van der Waals surface area contributed by atoms with Gasteiger partial charge in [-0.25, -0.2) is 4.39 Å². The van der Waals surface area contributed by atoms with Gasteiger partial charge in [-0.3, -0.25) is 9.59 Å². The third kappa shape index (κ3) is 2.55. The summed E-state index contributed by atoms with van der Waals surface area (Å²) in [5.74, 6) is -2.66. The van der Waals surface area contributed by atoms with E-state index >= 15 is 0 Å². The lowest BCUT2D eigenvalue weighted by molar-refractivity contribution is -0.156. The minimum absolute atomic E-state index is 0.0388. The molecule has 1 aliphatic carbocycles. The monoisotopic (exact) mass is 216 g/mol. The van der Waals surface area contributed by atoms with E-state index < -0.39 is 29.9 Å². The highest BCUT2D eigenvalue weighted by molar-refractivity contribution is 5.83. The fourth-order valence-corrected chi connectivity index (χ4v) is 1.62. The molecule has 0 bridgehead atoms. The molecule has 0 saturated carbocycles. The molecule has 0 unspecified atom stereocenters. The standard InChI is InChI=1S/C10H13FO4/c1-14-9(12)7-4-3-6(11)5-8(7)10(13)15-2/h3-4,6-8H,5H2,1-2H3/t6-,7+,8+/m1/s1. The van der Waals surface area contributed by atoms with E-state index in [1.807, 2.05) is 0 Å². The highest BCUT2D eigenvalue weighted by Gasteiger charge is 2.37. The maximum atomic E-state index is 13.0. The van der Waals surface area contributed by atoms with Crippen LogP contribution in [0, 0.1) is 11.8 Å². The second-order valence-corrected chi connectivity index (χ2v) is 3.32. The maximum absolute atomic E-state index is 13.0. The second kappa shape index (κ2) is 4.91. The molecule has 3 atom stereocenters. The molecule has 0 aromatic rings. The highest BCUT2D eigenvalue weighted by atomic mass is 19.1. The van der Waals surface area contributed by atoms with Gasteiger partial charge in [0.2, 0.25) is 0 Å². The van der Waals surface area contributed by atoms with E-state index in [1.54, 1.807) is 0 Å². The molecule has 84 valence electrons. The molecule has 0 aliphatic heterocycles. The summed E-state index contributed by atoms with van der Waals surface area (Å²) in [5.41, 5.74) is 0. The zero-order valence-electron chi connectivity index (χ0n) is 8.60. The first kappa shape index (κ1) is 11.7. The lowest BCUT2D eigenvalue weighted by Gasteiger charge is -2.24. The number of allylic oxidation sites excluding steroid dienone is 1. The van der Waals surface area contributed by atoms with Crippen molar-refractivity contribution in [3.63, 3.8) is 0 Å². The minimum Gasteiger partial charge on any atom is -0.469 e. The normalized spacial score (nSPS) is 29.7. The minimum atomic E-state index is -1.21. The lowest BCUT2D eigenvalue weighted by Crippen LogP contribution is -2.34. The third-order valence-corrected chi connectivity index (χ3v) is 2.42. The van der Waals surface area contributed by atoms with Crippen molar-refractivity contribution in [3.8, 4) is 0 Å². The van der Waals surface area contributed by atoms with Crippen LogP contribution >= 0.6 is 0 Å². The van der Waals surface area contributed by atoms with Crippen LogP contribution < -0.4 is 0 Å². The van der Waals surface area contributed by atoms with Gasteiger partial charge in [0, 0.05) is 0 Å². The van der Waals surface area contributed by atoms with Crippen LogP contribution in [0.5, 0.6) is 0 Å². The molecule has 1 aliphatic rings. The van der Waals surface area contributed by atoms with Crippen molar-refractivity contribution in [2.75, 3.05) is 14.2 Å². The third-order valence-electron chi connectivity index (χ3n) is 2.42. The van der Waals surface area contributed by atoms with E-state index in [9.17, 15) is 14.0 Å². The molecule has 0 fully saturated rings. The van der Waals surface area contributed by atoms with Crippen LogP contribution in [0.2, 0.25) is 0 Å². The average Bonchev–Trinajstić information content (AvgIpc) is 2.26. The van der Waals surface area contributed by atoms with E-state index in [1.165, 1.54) is 26.4 Å². The predicted octanol–water partition coefficient (Wildman–Crippen LogP) is 0.863. The molecule has 0 heterocycles. The van der Waals surface area contributed by atoms with Crippen LogP contribution in [0.1, 0.15) is 6.42 Å². The van der Waals surface area contributed by atoms with Crippen molar-refractivity contribution in [2.45, 2.75) is 12.6 Å². The number of ether oxygens (including phenoxy) is 2. The first-order valence-electron chi connectivity index (χ1n) is 4.58. The fraction of sp³-hybridized carbons (Fsp3) is 0.600. The number of rotatable bonds is 2. The average molecular weight is 216 g/mol. The first-order chi connectivity index (χ1) is 7.10. The first-order valence-corrected chi connectivity index (χ1v) is 4.58. The maximum Gasteiger partial charge on any atom is 0.313 e. The van der Waals surface area contributed by atoms with Crippen LogP contribution in [0.3, 0.4) is 0 Å². The van der Waals surface area contributed by atoms with Crippen molar-refractivity contribution in [2.24, 2.45) is 11.8 Å². The Hall–Kier alpha value is -1.39. The number of alkyl halides is 1. The number of halogens is 1. The summed E-state index contributed by atoms with van der Waals surface area (Å²) in [7, 11) is 2.44. The van der Waals surface area contributed by atoms with Crippen LogP contribution in [0.25, 0.3) is 0 Å². The Kier molecular flexibility index (Phi) is 3.82. The van der Waals surface area contributed by atoms with Crippen LogP contribution in [0.4, 0.5) is 4.39 Å². The molecule has 0 saturated heterocycles. The number of carbonyl (C=O) groups is 2. The van der Waals surface area contributed by atoms with E-state index in [0.29, 0.717) is 0 Å². The predicted molar refractivity (Wildman–Crippen MR) is 49.7 cm³/mol. The van der Waals surface area contributed by atoms with Gasteiger partial charge in [-0.15, -0.1) is 0 Å². The summed E-state index contributed by atoms with van der Waals surface area (Å²) in [6, 6.07) is 0. The lowest BCUT2D eigenvalue weighted by atomic mass is 9.83. The number of esters is 2. The van der Waals surface area contributed by atoms with Gasteiger partial charge in [-0.05, 0) is 6.42 Å². The SMILES string of the molecule is COC(=O)[C@H]1C=C[C@@H](F)C[C@@H]1C(=O)OC. The van der Waals surface area contributed by atoms with Crippen molar-refractivity contribution >= 4 is 11.9 Å². The molecule has 5 heteroatoms. The van der Waals surface area contributed by atoms with E-state index in [2.05, 4.69) is 9.47 Å². The van der Waals surface area contributed by atoms with Gasteiger partial charge in [0.1, 0.15) is 6.17 Å². The summed E-state index contributed by atoms with van der Waals surface area (Å²) in [6.07, 6.45) is 1.38. The van der Waals surface area contributed by atoms with Crippen molar-refractivity contribution in [1.29, 1.82) is 0 Å². The van der Waals surface area contributed by atoms with Gasteiger partial charge in [-0.1, -0.05) is 12.2 Å². The Morgan fingerprint density at radius 3 is 2.33 bits per heavy atom. The van der Waals surface area contributed by atoms with E-state index in [-0.39, 0.29) is 6.42 Å². The molecule has 15 heavy (non-hydrogen) atoms. The van der Waals surface area contributed by atoms with Crippen molar-refractivity contribution in [3.05, 3.63) is 12.2 Å². The summed E-state index contributed by atoms with van der Waals surface area (Å²) < 4.78 is 22.1. The Morgan fingerprint density at radius 1 is 1.20 bits per heavy atom. The molecule has 0 radical (unpaired) electrons. The molecule has 4 nitrogen and oxygen atoms in total. The topological polar surface area (TPSA) is 52.6 Å². The van der Waals surface area contributed by atoms with Gasteiger partial charge >= 0.3 is 11.9 Å². The van der Waals surface area contributed by atoms with E-state index in [4.69, 9.17) is 0 Å². The molecule has 0 N–H and O–H groups in total. The Bertz CT molecular complexity index is 287. The smallest absolute Gasteiger partial charge is 0.313 e. The number of methoxy groups -OCH3 is 2. The molecule has 1 rings (SSSR count). The van der Waals surface area contributed by atoms with Crippen molar-refractivity contribution in [1.82, 2.24) is 0 Å². The Labute approximate surface area is 87.0 Å². The largest absolute Gasteiger partial charge is 0.469 e. The van der Waals surface area contributed by atoms with Gasteiger partial charge in [-0.2, -0.15) is 0 Å². The van der Waals surface area contributed by atoms with Crippen molar-refractivity contribution < 1.29 is 23.5 Å². The molecule has 0 aromatic carbocycles. The molecule has 0 spiro atoms. The van der Waals surface area contributed by atoms with Crippen LogP contribution in [0.15, 0.2) is 12.2 Å². The van der Waals surface area contributed by atoms with Gasteiger partial charge in [0.05, 0.1) is 26.1 Å². The molecule has 0 aromatic heterocycles. The summed E-state index contributed by atoms with van der Waals surface area (Å²) >= 11 is 0. The van der Waals surface area contributed by atoms with Crippen LogP contribution in [-0.4, -0.2) is 32.3 Å². The van der Waals surface area contributed by atoms with Gasteiger partial charge in [0.15, 0.2) is 0 Å². The molecular weight excluding hydrogens is 203 g/mol. The number of hydrogen-bond donors (Lipinski definition) is 0. The molecule has 0 amide bonds. The zero-order valence-corrected chi connectivity index (χ0v) is 8.60. The van der Waals surface area contributed by atoms with Crippen LogP contribution in [-0.2, 0) is 19.1 Å². The summed E-state index contributed by atoms with van der Waals surface area (Å²) in [5, 5.41) is 0. The van der Waals surface area contributed by atoms with Gasteiger partial charge < -0.3 is 9.47 Å². The van der Waals surface area contributed by atoms with Gasteiger partial charge in [0.25, 0.3) is 0 Å². The van der Waals surface area contributed by atoms with E-state index in [0.717, 1.165) is 0 Å². The summed E-state index contributed by atoms with van der Waals surface area (Å²) in [4.78, 5) is 22.6.